The van der Waals surface area contributed by atoms with E-state index in [0.29, 0.717) is 18.5 Å². The smallest absolute Gasteiger partial charge is 0.407 e. The van der Waals surface area contributed by atoms with Gasteiger partial charge >= 0.3 is 6.09 Å². The van der Waals surface area contributed by atoms with Gasteiger partial charge in [0.2, 0.25) is 5.91 Å². The third-order valence-electron chi connectivity index (χ3n) is 4.80. The van der Waals surface area contributed by atoms with Crippen molar-refractivity contribution in [3.63, 3.8) is 0 Å². The lowest BCUT2D eigenvalue weighted by Gasteiger charge is -2.39. The lowest BCUT2D eigenvalue weighted by atomic mass is 9.88. The molecule has 2 heterocycles. The number of nitrogens with one attached hydrogen (secondary N) is 1. The zero-order chi connectivity index (χ0) is 18.9. The molecule has 0 aromatic carbocycles. The third-order valence-corrected chi connectivity index (χ3v) is 4.80. The molecule has 1 fully saturated rings. The number of ether oxygens (including phenoxy) is 1. The molecule has 1 N–H and O–H groups in total. The van der Waals surface area contributed by atoms with E-state index in [1.165, 1.54) is 12.3 Å². The van der Waals surface area contributed by atoms with Crippen LogP contribution in [0.2, 0.25) is 0 Å². The summed E-state index contributed by atoms with van der Waals surface area (Å²) in [5.74, 6) is -0.405. The number of carbonyl (C=O) groups excluding carboxylic acids is 2. The number of pyridine rings is 1. The Bertz CT molecular complexity index is 694. The van der Waals surface area contributed by atoms with Crippen LogP contribution in [0.5, 0.6) is 0 Å². The van der Waals surface area contributed by atoms with Gasteiger partial charge in [-0.15, -0.1) is 0 Å². The fraction of sp³-hybridized carbons (Fsp3) is 0.632. The van der Waals surface area contributed by atoms with Gasteiger partial charge in [0.15, 0.2) is 0 Å². The minimum absolute atomic E-state index is 0.0156. The van der Waals surface area contributed by atoms with Crippen LogP contribution in [-0.4, -0.2) is 34.7 Å². The summed E-state index contributed by atoms with van der Waals surface area (Å²) in [5.41, 5.74) is 0.854. The van der Waals surface area contributed by atoms with E-state index in [1.807, 2.05) is 20.8 Å². The van der Waals surface area contributed by atoms with Gasteiger partial charge in [0.25, 0.3) is 0 Å². The molecule has 1 aromatic rings. The number of rotatable bonds is 2. The number of fused-ring (bicyclic) bond motifs is 1. The van der Waals surface area contributed by atoms with E-state index < -0.39 is 17.5 Å². The van der Waals surface area contributed by atoms with Gasteiger partial charge < -0.3 is 15.0 Å². The van der Waals surface area contributed by atoms with Crippen LogP contribution in [0.4, 0.5) is 14.9 Å². The molecule has 1 aliphatic carbocycles. The number of amides is 2. The number of halogens is 1. The topological polar surface area (TPSA) is 71.5 Å². The van der Waals surface area contributed by atoms with Crippen molar-refractivity contribution in [2.75, 3.05) is 4.90 Å². The molecular weight excluding hydrogens is 337 g/mol. The van der Waals surface area contributed by atoms with Gasteiger partial charge in [0.05, 0.1) is 17.6 Å². The van der Waals surface area contributed by atoms with Gasteiger partial charge in [-0.25, -0.2) is 9.18 Å². The molecule has 3 rings (SSSR count). The third kappa shape index (κ3) is 4.31. The molecule has 0 unspecified atom stereocenters. The monoisotopic (exact) mass is 363 g/mol. The van der Waals surface area contributed by atoms with E-state index in [-0.39, 0.29) is 18.0 Å². The predicted octanol–water partition coefficient (Wildman–Crippen LogP) is 3.34. The molecule has 6 nitrogen and oxygen atoms in total. The van der Waals surface area contributed by atoms with Crippen molar-refractivity contribution in [2.24, 2.45) is 0 Å². The molecule has 1 saturated carbocycles. The van der Waals surface area contributed by atoms with Gasteiger partial charge in [-0.1, -0.05) is 0 Å². The van der Waals surface area contributed by atoms with Crippen LogP contribution >= 0.6 is 0 Å². The second-order valence-electron chi connectivity index (χ2n) is 8.03. The van der Waals surface area contributed by atoms with Gasteiger partial charge in [0, 0.05) is 31.0 Å². The van der Waals surface area contributed by atoms with E-state index in [1.54, 1.807) is 4.90 Å². The highest BCUT2D eigenvalue weighted by molar-refractivity contribution is 5.96. The highest BCUT2D eigenvalue weighted by atomic mass is 19.1. The van der Waals surface area contributed by atoms with Gasteiger partial charge in [-0.2, -0.15) is 0 Å². The standard InChI is InChI=1S/C19H26FN3O3/c1-19(2,3)26-18(25)22-13-4-6-14(7-5-13)23-16-10-12(20)11-21-15(16)8-9-17(23)24/h10-11,13-14H,4-9H2,1-3H3,(H,22,25)/t13-,14-. The molecule has 2 aliphatic rings. The number of hydrogen-bond acceptors (Lipinski definition) is 4. The van der Waals surface area contributed by atoms with Crippen molar-refractivity contribution in [1.29, 1.82) is 0 Å². The van der Waals surface area contributed by atoms with Crippen molar-refractivity contribution >= 4 is 17.7 Å². The number of alkyl carbamates (subject to hydrolysis) is 1. The first-order chi connectivity index (χ1) is 12.2. The van der Waals surface area contributed by atoms with Crippen LogP contribution < -0.4 is 10.2 Å². The van der Waals surface area contributed by atoms with Crippen molar-refractivity contribution in [1.82, 2.24) is 10.3 Å². The molecule has 26 heavy (non-hydrogen) atoms. The minimum Gasteiger partial charge on any atom is -0.444 e. The first-order valence-electron chi connectivity index (χ1n) is 9.19. The Morgan fingerprint density at radius 3 is 2.62 bits per heavy atom. The normalized spacial score (nSPS) is 23.4. The summed E-state index contributed by atoms with van der Waals surface area (Å²) in [6.45, 7) is 5.49. The molecule has 0 saturated heterocycles. The van der Waals surface area contributed by atoms with Crippen molar-refractivity contribution in [3.05, 3.63) is 23.8 Å². The fourth-order valence-electron chi connectivity index (χ4n) is 3.69. The largest absolute Gasteiger partial charge is 0.444 e. The zero-order valence-electron chi connectivity index (χ0n) is 15.5. The summed E-state index contributed by atoms with van der Waals surface area (Å²) in [5, 5.41) is 2.90. The minimum atomic E-state index is -0.526. The number of anilines is 1. The van der Waals surface area contributed by atoms with Gasteiger partial charge in [-0.05, 0) is 46.5 Å². The SMILES string of the molecule is CC(C)(C)OC(=O)N[C@H]1CC[C@H](N2C(=O)CCc3ncc(F)cc32)CC1. The summed E-state index contributed by atoms with van der Waals surface area (Å²) in [7, 11) is 0. The molecular formula is C19H26FN3O3. The Labute approximate surface area is 153 Å². The molecule has 0 bridgehead atoms. The Morgan fingerprint density at radius 1 is 1.27 bits per heavy atom. The highest BCUT2D eigenvalue weighted by Crippen LogP contribution is 2.33. The van der Waals surface area contributed by atoms with Crippen LogP contribution in [0, 0.1) is 5.82 Å². The van der Waals surface area contributed by atoms with Crippen molar-refractivity contribution in [2.45, 2.75) is 77.0 Å². The maximum absolute atomic E-state index is 13.6. The fourth-order valence-corrected chi connectivity index (χ4v) is 3.69. The summed E-state index contributed by atoms with van der Waals surface area (Å²) in [6.07, 6.45) is 4.77. The van der Waals surface area contributed by atoms with E-state index in [4.69, 9.17) is 4.74 Å². The molecule has 1 aromatic heterocycles. The summed E-state index contributed by atoms with van der Waals surface area (Å²) in [4.78, 5) is 30.3. The van der Waals surface area contributed by atoms with Crippen LogP contribution in [0.25, 0.3) is 0 Å². The van der Waals surface area contributed by atoms with Crippen molar-refractivity contribution < 1.29 is 18.7 Å². The number of hydrogen-bond donors (Lipinski definition) is 1. The number of carbonyl (C=O) groups is 2. The Morgan fingerprint density at radius 2 is 1.96 bits per heavy atom. The molecule has 0 atom stereocenters. The van der Waals surface area contributed by atoms with Crippen LogP contribution in [0.1, 0.15) is 58.6 Å². The Kier molecular flexibility index (Phi) is 5.16. The molecule has 7 heteroatoms. The molecule has 0 spiro atoms. The maximum Gasteiger partial charge on any atom is 0.407 e. The zero-order valence-corrected chi connectivity index (χ0v) is 15.5. The number of aryl methyl sites for hydroxylation is 1. The lowest BCUT2D eigenvalue weighted by molar-refractivity contribution is -0.119. The Balaban J connectivity index is 1.63. The average molecular weight is 363 g/mol. The molecule has 2 amide bonds. The number of nitrogens with zero attached hydrogens (tertiary/aromatic N) is 2. The second kappa shape index (κ2) is 7.21. The van der Waals surface area contributed by atoms with E-state index >= 15 is 0 Å². The van der Waals surface area contributed by atoms with E-state index in [9.17, 15) is 14.0 Å². The van der Waals surface area contributed by atoms with Gasteiger partial charge in [-0.3, -0.25) is 9.78 Å². The second-order valence-corrected chi connectivity index (χ2v) is 8.03. The van der Waals surface area contributed by atoms with E-state index in [0.717, 1.165) is 31.4 Å². The lowest BCUT2D eigenvalue weighted by Crippen LogP contribution is -2.48. The highest BCUT2D eigenvalue weighted by Gasteiger charge is 2.34. The van der Waals surface area contributed by atoms with Gasteiger partial charge in [0.1, 0.15) is 11.4 Å². The van der Waals surface area contributed by atoms with E-state index in [2.05, 4.69) is 10.3 Å². The first-order valence-corrected chi connectivity index (χ1v) is 9.19. The summed E-state index contributed by atoms with van der Waals surface area (Å²) < 4.78 is 18.9. The number of aromatic nitrogens is 1. The quantitative estimate of drug-likeness (QED) is 0.875. The van der Waals surface area contributed by atoms with Crippen molar-refractivity contribution in [3.8, 4) is 0 Å². The molecule has 1 aliphatic heterocycles. The summed E-state index contributed by atoms with van der Waals surface area (Å²) in [6, 6.07) is 1.46. The maximum atomic E-state index is 13.6. The summed E-state index contributed by atoms with van der Waals surface area (Å²) >= 11 is 0. The van der Waals surface area contributed by atoms with Crippen LogP contribution in [-0.2, 0) is 16.0 Å². The van der Waals surface area contributed by atoms with Crippen LogP contribution in [0.15, 0.2) is 12.3 Å². The average Bonchev–Trinajstić information content (AvgIpc) is 2.54. The predicted molar refractivity (Wildman–Crippen MR) is 95.4 cm³/mol. The Hall–Kier alpha value is -2.18. The van der Waals surface area contributed by atoms with Crippen LogP contribution in [0.3, 0.4) is 0 Å². The first kappa shape index (κ1) is 18.6. The molecule has 0 radical (unpaired) electrons. The molecule has 142 valence electrons.